The highest BCUT2D eigenvalue weighted by Gasteiger charge is 2.43. The van der Waals surface area contributed by atoms with Gasteiger partial charge >= 0.3 is 0 Å². The Bertz CT molecular complexity index is 759. The molecule has 0 amide bonds. The highest BCUT2D eigenvalue weighted by atomic mass is 32.2. The Kier molecular flexibility index (Phi) is 3.22. The predicted octanol–water partition coefficient (Wildman–Crippen LogP) is 3.65. The molecule has 2 aliphatic heterocycles. The van der Waals surface area contributed by atoms with Gasteiger partial charge in [-0.1, -0.05) is 23.4 Å². The smallest absolute Gasteiger partial charge is 0.171 e. The largest absolute Gasteiger partial charge is 0.493 e. The average molecular weight is 313 g/mol. The summed E-state index contributed by atoms with van der Waals surface area (Å²) in [6.45, 7) is 0. The molecule has 112 valence electrons. The van der Waals surface area contributed by atoms with Gasteiger partial charge in [-0.2, -0.15) is 0 Å². The third-order valence-corrected chi connectivity index (χ3v) is 5.32. The van der Waals surface area contributed by atoms with Crippen LogP contribution in [0.25, 0.3) is 0 Å². The second kappa shape index (κ2) is 5.25. The molecule has 2 aromatic carbocycles. The highest BCUT2D eigenvalue weighted by Crippen LogP contribution is 2.50. The number of oxime groups is 1. The van der Waals surface area contributed by atoms with Crippen LogP contribution in [-0.4, -0.2) is 25.2 Å². The van der Waals surface area contributed by atoms with E-state index in [2.05, 4.69) is 23.4 Å². The summed E-state index contributed by atoms with van der Waals surface area (Å²) >= 11 is 1.81. The van der Waals surface area contributed by atoms with Gasteiger partial charge in [-0.05, 0) is 24.3 Å². The van der Waals surface area contributed by atoms with E-state index in [-0.39, 0.29) is 11.4 Å². The van der Waals surface area contributed by atoms with Gasteiger partial charge in [-0.3, -0.25) is 0 Å². The van der Waals surface area contributed by atoms with Gasteiger partial charge in [0.15, 0.2) is 17.6 Å². The van der Waals surface area contributed by atoms with Crippen LogP contribution in [0.4, 0.5) is 0 Å². The van der Waals surface area contributed by atoms with Gasteiger partial charge in [0, 0.05) is 16.0 Å². The van der Waals surface area contributed by atoms with Crippen LogP contribution in [0, 0.1) is 0 Å². The molecule has 4 rings (SSSR count). The van der Waals surface area contributed by atoms with E-state index in [9.17, 15) is 0 Å². The van der Waals surface area contributed by atoms with Crippen LogP contribution < -0.4 is 9.47 Å². The summed E-state index contributed by atoms with van der Waals surface area (Å²) in [5.41, 5.74) is 3.18. The normalized spacial score (nSPS) is 21.6. The van der Waals surface area contributed by atoms with E-state index in [0.717, 1.165) is 11.3 Å². The van der Waals surface area contributed by atoms with E-state index in [4.69, 9.17) is 14.3 Å². The van der Waals surface area contributed by atoms with Crippen LogP contribution in [0.1, 0.15) is 17.2 Å². The van der Waals surface area contributed by atoms with Gasteiger partial charge in [-0.25, -0.2) is 0 Å². The number of methoxy groups -OCH3 is 2. The minimum absolute atomic E-state index is 0.00398. The molecule has 0 unspecified atom stereocenters. The molecular weight excluding hydrogens is 298 g/mol. The van der Waals surface area contributed by atoms with Crippen molar-refractivity contribution >= 4 is 17.5 Å². The lowest BCUT2D eigenvalue weighted by Crippen LogP contribution is -2.16. The summed E-state index contributed by atoms with van der Waals surface area (Å²) < 4.78 is 10.7. The van der Waals surface area contributed by atoms with E-state index in [0.29, 0.717) is 11.5 Å². The molecule has 0 aliphatic carbocycles. The van der Waals surface area contributed by atoms with Gasteiger partial charge in [0.05, 0.1) is 19.5 Å². The van der Waals surface area contributed by atoms with Crippen molar-refractivity contribution in [3.05, 3.63) is 53.6 Å². The van der Waals surface area contributed by atoms with Gasteiger partial charge in [-0.15, -0.1) is 11.8 Å². The fraction of sp³-hybridized carbons (Fsp3) is 0.235. The van der Waals surface area contributed by atoms with Crippen molar-refractivity contribution in [1.29, 1.82) is 0 Å². The fourth-order valence-electron chi connectivity index (χ4n) is 2.87. The van der Waals surface area contributed by atoms with Crippen LogP contribution in [0.3, 0.4) is 0 Å². The van der Waals surface area contributed by atoms with Crippen molar-refractivity contribution in [2.24, 2.45) is 5.16 Å². The molecule has 0 saturated heterocycles. The Morgan fingerprint density at radius 2 is 1.86 bits per heavy atom. The maximum absolute atomic E-state index is 5.70. The van der Waals surface area contributed by atoms with Crippen LogP contribution in [0.15, 0.2) is 52.5 Å². The molecule has 0 spiro atoms. The van der Waals surface area contributed by atoms with E-state index in [1.165, 1.54) is 10.5 Å². The summed E-state index contributed by atoms with van der Waals surface area (Å²) in [5.74, 6) is 1.41. The molecule has 2 atom stereocenters. The zero-order valence-electron chi connectivity index (χ0n) is 12.3. The van der Waals surface area contributed by atoms with Crippen molar-refractivity contribution in [3.63, 3.8) is 0 Å². The Labute approximate surface area is 133 Å². The Morgan fingerprint density at radius 1 is 1.05 bits per heavy atom. The number of fused-ring (bicyclic) bond motifs is 3. The standard InChI is InChI=1S/C17H15NO3S/c1-19-12-8-7-10(9-13(12)20-2)15-17-16(21-18-15)11-5-3-4-6-14(11)22-17/h3-9,16-17H,1-2H3/t16-,17-/m0/s1. The molecule has 22 heavy (non-hydrogen) atoms. The van der Waals surface area contributed by atoms with Crippen molar-refractivity contribution < 1.29 is 14.3 Å². The third kappa shape index (κ3) is 1.96. The molecule has 0 aromatic heterocycles. The fourth-order valence-corrected chi connectivity index (χ4v) is 4.24. The highest BCUT2D eigenvalue weighted by molar-refractivity contribution is 8.01. The summed E-state index contributed by atoms with van der Waals surface area (Å²) in [5, 5.41) is 4.51. The maximum atomic E-state index is 5.70. The lowest BCUT2D eigenvalue weighted by Gasteiger charge is -2.12. The van der Waals surface area contributed by atoms with E-state index in [1.807, 2.05) is 24.3 Å². The number of nitrogens with zero attached hydrogens (tertiary/aromatic N) is 1. The number of ether oxygens (including phenoxy) is 2. The molecule has 0 radical (unpaired) electrons. The van der Waals surface area contributed by atoms with Gasteiger partial charge in [0.25, 0.3) is 0 Å². The first-order valence-electron chi connectivity index (χ1n) is 7.03. The molecule has 0 bridgehead atoms. The first-order valence-corrected chi connectivity index (χ1v) is 7.91. The monoisotopic (exact) mass is 313 g/mol. The third-order valence-electron chi connectivity index (χ3n) is 3.97. The molecule has 2 heterocycles. The van der Waals surface area contributed by atoms with Crippen LogP contribution in [0.2, 0.25) is 0 Å². The first-order chi connectivity index (χ1) is 10.8. The lowest BCUT2D eigenvalue weighted by molar-refractivity contribution is 0.0891. The molecule has 2 aliphatic rings. The number of rotatable bonds is 3. The lowest BCUT2D eigenvalue weighted by atomic mass is 10.00. The minimum atomic E-state index is 0.00398. The number of benzene rings is 2. The average Bonchev–Trinajstić information content (AvgIpc) is 3.13. The van der Waals surface area contributed by atoms with Crippen molar-refractivity contribution in [2.45, 2.75) is 16.2 Å². The molecule has 0 N–H and O–H groups in total. The summed E-state index contributed by atoms with van der Waals surface area (Å²) in [6.07, 6.45) is 0.00398. The van der Waals surface area contributed by atoms with Crippen LogP contribution in [-0.2, 0) is 4.84 Å². The zero-order chi connectivity index (χ0) is 15.1. The second-order valence-corrected chi connectivity index (χ2v) is 6.33. The van der Waals surface area contributed by atoms with E-state index >= 15 is 0 Å². The van der Waals surface area contributed by atoms with Crippen molar-refractivity contribution in [1.82, 2.24) is 0 Å². The zero-order valence-corrected chi connectivity index (χ0v) is 13.1. The van der Waals surface area contributed by atoms with Gasteiger partial charge in [0.2, 0.25) is 0 Å². The first kappa shape index (κ1) is 13.5. The number of hydrogen-bond acceptors (Lipinski definition) is 5. The topological polar surface area (TPSA) is 40.0 Å². The quantitative estimate of drug-likeness (QED) is 0.867. The molecule has 2 aromatic rings. The predicted molar refractivity (Wildman–Crippen MR) is 86.0 cm³/mol. The SMILES string of the molecule is COc1ccc(C2=NO[C@H]3c4ccccc4S[C@@H]23)cc1OC. The Hall–Kier alpha value is -2.14. The minimum Gasteiger partial charge on any atom is -0.493 e. The number of thioether (sulfide) groups is 1. The molecular formula is C17H15NO3S. The van der Waals surface area contributed by atoms with Crippen LogP contribution in [0.5, 0.6) is 11.5 Å². The van der Waals surface area contributed by atoms with E-state index < -0.39 is 0 Å². The van der Waals surface area contributed by atoms with E-state index in [1.54, 1.807) is 26.0 Å². The summed E-state index contributed by atoms with van der Waals surface area (Å²) in [4.78, 5) is 6.96. The Balaban J connectivity index is 1.68. The maximum Gasteiger partial charge on any atom is 0.171 e. The van der Waals surface area contributed by atoms with Gasteiger partial charge < -0.3 is 14.3 Å². The van der Waals surface area contributed by atoms with Gasteiger partial charge in [0.1, 0.15) is 5.71 Å². The molecule has 5 heteroatoms. The molecule has 0 fully saturated rings. The summed E-state index contributed by atoms with van der Waals surface area (Å²) in [7, 11) is 3.27. The second-order valence-electron chi connectivity index (χ2n) is 5.15. The Morgan fingerprint density at radius 3 is 2.68 bits per heavy atom. The van der Waals surface area contributed by atoms with Crippen molar-refractivity contribution in [3.8, 4) is 11.5 Å². The number of hydrogen-bond donors (Lipinski definition) is 0. The molecule has 4 nitrogen and oxygen atoms in total. The molecule has 0 saturated carbocycles. The van der Waals surface area contributed by atoms with Crippen molar-refractivity contribution in [2.75, 3.05) is 14.2 Å². The summed E-state index contributed by atoms with van der Waals surface area (Å²) in [6, 6.07) is 14.2. The van der Waals surface area contributed by atoms with Crippen LogP contribution >= 0.6 is 11.8 Å².